The minimum atomic E-state index is -0.694. The van der Waals surface area contributed by atoms with Gasteiger partial charge < -0.3 is 0 Å². The molecule has 2 heteroatoms. The van der Waals surface area contributed by atoms with Crippen LogP contribution in [0.15, 0.2) is 0 Å². The van der Waals surface area contributed by atoms with Crippen LogP contribution in [-0.4, -0.2) is 19.6 Å². The lowest BCUT2D eigenvalue weighted by atomic mass is 10.4. The molecule has 0 aromatic rings. The van der Waals surface area contributed by atoms with Crippen LogP contribution in [0.5, 0.6) is 0 Å². The molecule has 0 aliphatic carbocycles. The van der Waals surface area contributed by atoms with Gasteiger partial charge in [0.1, 0.15) is 0 Å². The highest BCUT2D eigenvalue weighted by molar-refractivity contribution is 7.99. The van der Waals surface area contributed by atoms with E-state index in [1.54, 1.807) is 12.1 Å². The molecule has 60 valence electrons. The van der Waals surface area contributed by atoms with Crippen LogP contribution >= 0.6 is 11.8 Å². The van der Waals surface area contributed by atoms with Gasteiger partial charge in [0, 0.05) is 8.07 Å². The van der Waals surface area contributed by atoms with Crippen LogP contribution in [0.4, 0.5) is 0 Å². The topological polar surface area (TPSA) is 0 Å². The Labute approximate surface area is 69.8 Å². The zero-order chi connectivity index (χ0) is 7.45. The van der Waals surface area contributed by atoms with Gasteiger partial charge in [-0.2, -0.15) is 11.8 Å². The van der Waals surface area contributed by atoms with Gasteiger partial charge in [0.2, 0.25) is 0 Å². The maximum Gasteiger partial charge on any atom is 0.0481 e. The summed E-state index contributed by atoms with van der Waals surface area (Å²) in [6.45, 7) is 5.08. The van der Waals surface area contributed by atoms with E-state index in [-0.39, 0.29) is 0 Å². The Morgan fingerprint density at radius 3 is 2.60 bits per heavy atom. The van der Waals surface area contributed by atoms with Gasteiger partial charge in [-0.1, -0.05) is 25.6 Å². The summed E-state index contributed by atoms with van der Waals surface area (Å²) >= 11 is 2.17. The predicted molar refractivity (Wildman–Crippen MR) is 53.7 cm³/mol. The van der Waals surface area contributed by atoms with Gasteiger partial charge in [0.05, 0.1) is 0 Å². The smallest absolute Gasteiger partial charge is 0.0481 e. The summed E-state index contributed by atoms with van der Waals surface area (Å²) in [6, 6.07) is 3.13. The van der Waals surface area contributed by atoms with Crippen molar-refractivity contribution in [3.05, 3.63) is 0 Å². The highest BCUT2D eigenvalue weighted by atomic mass is 32.2. The van der Waals surface area contributed by atoms with E-state index in [2.05, 4.69) is 24.9 Å². The molecule has 0 unspecified atom stereocenters. The molecular formula is C8H18SSi. The van der Waals surface area contributed by atoms with E-state index in [4.69, 9.17) is 0 Å². The SMILES string of the molecule is C[Si]1(C)CCCCSCC1. The van der Waals surface area contributed by atoms with Crippen LogP contribution in [0.2, 0.25) is 25.2 Å². The van der Waals surface area contributed by atoms with Crippen molar-refractivity contribution in [1.82, 2.24) is 0 Å². The van der Waals surface area contributed by atoms with E-state index >= 15 is 0 Å². The van der Waals surface area contributed by atoms with E-state index in [1.807, 2.05) is 0 Å². The van der Waals surface area contributed by atoms with Gasteiger partial charge in [-0.15, -0.1) is 0 Å². The molecular weight excluding hydrogens is 156 g/mol. The number of rotatable bonds is 0. The zero-order valence-corrected chi connectivity index (χ0v) is 8.97. The van der Waals surface area contributed by atoms with Crippen molar-refractivity contribution in [2.75, 3.05) is 11.5 Å². The van der Waals surface area contributed by atoms with Gasteiger partial charge in [-0.3, -0.25) is 0 Å². The van der Waals surface area contributed by atoms with E-state index < -0.39 is 8.07 Å². The first kappa shape index (κ1) is 8.66. The van der Waals surface area contributed by atoms with Crippen LogP contribution in [0, 0.1) is 0 Å². The number of hydrogen-bond donors (Lipinski definition) is 0. The Morgan fingerprint density at radius 1 is 1.00 bits per heavy atom. The molecule has 0 aromatic heterocycles. The highest BCUT2D eigenvalue weighted by Gasteiger charge is 2.20. The van der Waals surface area contributed by atoms with E-state index in [0.29, 0.717) is 0 Å². The monoisotopic (exact) mass is 174 g/mol. The Hall–Kier alpha value is 0.567. The first-order valence-electron chi connectivity index (χ1n) is 4.28. The quantitative estimate of drug-likeness (QED) is 0.508. The third-order valence-corrected chi connectivity index (χ3v) is 7.06. The van der Waals surface area contributed by atoms with E-state index in [0.717, 1.165) is 0 Å². The van der Waals surface area contributed by atoms with Crippen LogP contribution in [0.3, 0.4) is 0 Å². The van der Waals surface area contributed by atoms with Crippen LogP contribution < -0.4 is 0 Å². The molecule has 0 bridgehead atoms. The molecule has 10 heavy (non-hydrogen) atoms. The normalized spacial score (nSPS) is 27.0. The molecule has 1 aliphatic rings. The second-order valence-corrected chi connectivity index (χ2v) is 10.5. The summed E-state index contributed by atoms with van der Waals surface area (Å²) in [7, 11) is -0.694. The van der Waals surface area contributed by atoms with Crippen LogP contribution in [0.1, 0.15) is 12.8 Å². The fourth-order valence-corrected chi connectivity index (χ4v) is 6.24. The van der Waals surface area contributed by atoms with Crippen molar-refractivity contribution in [2.24, 2.45) is 0 Å². The molecule has 0 atom stereocenters. The summed E-state index contributed by atoms with van der Waals surface area (Å²) in [5, 5.41) is 0. The lowest BCUT2D eigenvalue weighted by Crippen LogP contribution is -2.26. The summed E-state index contributed by atoms with van der Waals surface area (Å²) in [5.74, 6) is 2.86. The summed E-state index contributed by atoms with van der Waals surface area (Å²) in [6.07, 6.45) is 2.98. The average Bonchev–Trinajstić information content (AvgIpc) is 1.81. The van der Waals surface area contributed by atoms with Crippen LogP contribution in [0.25, 0.3) is 0 Å². The van der Waals surface area contributed by atoms with Gasteiger partial charge in [-0.05, 0) is 24.0 Å². The minimum absolute atomic E-state index is 0.694. The number of hydrogen-bond acceptors (Lipinski definition) is 1. The fourth-order valence-electron chi connectivity index (χ4n) is 1.38. The summed E-state index contributed by atoms with van der Waals surface area (Å²) in [5.41, 5.74) is 0. The molecule has 1 fully saturated rings. The molecule has 1 aliphatic heterocycles. The molecule has 0 saturated carbocycles. The lowest BCUT2D eigenvalue weighted by Gasteiger charge is -2.24. The highest BCUT2D eigenvalue weighted by Crippen LogP contribution is 2.24. The predicted octanol–water partition coefficient (Wildman–Crippen LogP) is 3.22. The van der Waals surface area contributed by atoms with Gasteiger partial charge >= 0.3 is 0 Å². The third kappa shape index (κ3) is 3.11. The molecule has 0 nitrogen and oxygen atoms in total. The fraction of sp³-hybridized carbons (Fsp3) is 1.00. The molecule has 0 N–H and O–H groups in total. The first-order valence-corrected chi connectivity index (χ1v) is 8.85. The van der Waals surface area contributed by atoms with Crippen molar-refractivity contribution < 1.29 is 0 Å². The summed E-state index contributed by atoms with van der Waals surface area (Å²) < 4.78 is 0. The molecule has 0 radical (unpaired) electrons. The Kier molecular flexibility index (Phi) is 3.30. The molecule has 1 rings (SSSR count). The standard InChI is InChI=1S/C8H18SSi/c1-10(2)7-4-3-5-9-6-8-10/h3-8H2,1-2H3. The Bertz CT molecular complexity index is 91.4. The molecule has 0 amide bonds. The van der Waals surface area contributed by atoms with E-state index in [1.165, 1.54) is 24.3 Å². The minimum Gasteiger partial charge on any atom is -0.162 e. The van der Waals surface area contributed by atoms with Crippen molar-refractivity contribution in [2.45, 2.75) is 38.0 Å². The Balaban J connectivity index is 2.30. The van der Waals surface area contributed by atoms with Crippen molar-refractivity contribution >= 4 is 19.8 Å². The maximum atomic E-state index is 2.54. The summed E-state index contributed by atoms with van der Waals surface area (Å²) in [4.78, 5) is 0. The van der Waals surface area contributed by atoms with Gasteiger partial charge in [-0.25, -0.2) is 0 Å². The zero-order valence-electron chi connectivity index (χ0n) is 7.15. The lowest BCUT2D eigenvalue weighted by molar-refractivity contribution is 0.868. The van der Waals surface area contributed by atoms with E-state index in [9.17, 15) is 0 Å². The number of thioether (sulfide) groups is 1. The third-order valence-electron chi connectivity index (χ3n) is 2.32. The van der Waals surface area contributed by atoms with Gasteiger partial charge in [0.25, 0.3) is 0 Å². The van der Waals surface area contributed by atoms with Crippen molar-refractivity contribution in [1.29, 1.82) is 0 Å². The molecule has 1 saturated heterocycles. The molecule has 0 spiro atoms. The Morgan fingerprint density at radius 2 is 1.80 bits per heavy atom. The molecule has 0 aromatic carbocycles. The largest absolute Gasteiger partial charge is 0.162 e. The molecule has 1 heterocycles. The van der Waals surface area contributed by atoms with Crippen molar-refractivity contribution in [3.63, 3.8) is 0 Å². The van der Waals surface area contributed by atoms with Crippen LogP contribution in [-0.2, 0) is 0 Å². The first-order chi connectivity index (χ1) is 4.71. The second-order valence-electron chi connectivity index (χ2n) is 3.98. The average molecular weight is 174 g/mol. The second kappa shape index (κ2) is 3.81. The van der Waals surface area contributed by atoms with Gasteiger partial charge in [0.15, 0.2) is 0 Å². The van der Waals surface area contributed by atoms with Crippen molar-refractivity contribution in [3.8, 4) is 0 Å². The maximum absolute atomic E-state index is 2.54.